The van der Waals surface area contributed by atoms with Crippen LogP contribution in [0.4, 0.5) is 5.82 Å². The number of rotatable bonds is 4. The normalized spacial score (nSPS) is 13.2. The lowest BCUT2D eigenvalue weighted by molar-refractivity contribution is 0.171. The number of sulfonamides is 1. The molecule has 4 rings (SSSR count). The zero-order valence-electron chi connectivity index (χ0n) is 15.6. The molecule has 2 aromatic carbocycles. The van der Waals surface area contributed by atoms with Crippen LogP contribution in [0.15, 0.2) is 59.5 Å². The molecule has 0 bridgehead atoms. The molecule has 0 spiro atoms. The van der Waals surface area contributed by atoms with E-state index in [4.69, 9.17) is 9.47 Å². The molecule has 7 heteroatoms. The van der Waals surface area contributed by atoms with Gasteiger partial charge in [-0.25, -0.2) is 13.4 Å². The third-order valence-corrected chi connectivity index (χ3v) is 5.84. The molecule has 1 aromatic heterocycles. The minimum Gasteiger partial charge on any atom is -0.486 e. The fraction of sp³-hybridized carbons (Fsp3) is 0.190. The van der Waals surface area contributed by atoms with Gasteiger partial charge in [0, 0.05) is 5.69 Å². The number of aryl methyl sites for hydroxylation is 2. The van der Waals surface area contributed by atoms with E-state index in [1.807, 2.05) is 38.1 Å². The van der Waals surface area contributed by atoms with Gasteiger partial charge in [0.25, 0.3) is 10.0 Å². The molecule has 0 atom stereocenters. The highest BCUT2D eigenvalue weighted by Gasteiger charge is 2.18. The molecule has 0 saturated carbocycles. The summed E-state index contributed by atoms with van der Waals surface area (Å²) in [5.41, 5.74) is 3.46. The van der Waals surface area contributed by atoms with Gasteiger partial charge in [-0.3, -0.25) is 4.72 Å². The summed E-state index contributed by atoms with van der Waals surface area (Å²) >= 11 is 0. The number of nitrogens with one attached hydrogen (secondary N) is 1. The summed E-state index contributed by atoms with van der Waals surface area (Å²) in [5, 5.41) is 0. The van der Waals surface area contributed by atoms with Gasteiger partial charge in [0.15, 0.2) is 11.5 Å². The van der Waals surface area contributed by atoms with E-state index in [1.165, 1.54) is 0 Å². The van der Waals surface area contributed by atoms with Gasteiger partial charge in [-0.05, 0) is 66.9 Å². The molecule has 144 valence electrons. The van der Waals surface area contributed by atoms with E-state index in [-0.39, 0.29) is 4.90 Å². The number of anilines is 1. The van der Waals surface area contributed by atoms with Gasteiger partial charge in [-0.1, -0.05) is 18.2 Å². The molecular weight excluding hydrogens is 376 g/mol. The number of aromatic nitrogens is 1. The zero-order valence-corrected chi connectivity index (χ0v) is 16.4. The Morgan fingerprint density at radius 3 is 2.46 bits per heavy atom. The Hall–Kier alpha value is -3.06. The van der Waals surface area contributed by atoms with Crippen molar-refractivity contribution in [3.8, 4) is 22.6 Å². The van der Waals surface area contributed by atoms with Crippen LogP contribution in [0.5, 0.6) is 11.5 Å². The predicted octanol–water partition coefficient (Wildman–Crippen LogP) is 3.94. The summed E-state index contributed by atoms with van der Waals surface area (Å²) < 4.78 is 39.2. The van der Waals surface area contributed by atoms with Crippen molar-refractivity contribution in [1.82, 2.24) is 4.98 Å². The molecule has 3 aromatic rings. The first-order valence-electron chi connectivity index (χ1n) is 8.89. The van der Waals surface area contributed by atoms with Crippen LogP contribution in [0.3, 0.4) is 0 Å². The number of fused-ring (bicyclic) bond motifs is 1. The third kappa shape index (κ3) is 3.66. The highest BCUT2D eigenvalue weighted by atomic mass is 32.2. The van der Waals surface area contributed by atoms with Crippen LogP contribution in [0, 0.1) is 13.8 Å². The molecule has 28 heavy (non-hydrogen) atoms. The van der Waals surface area contributed by atoms with Gasteiger partial charge in [0.1, 0.15) is 19.0 Å². The Morgan fingerprint density at radius 1 is 0.929 bits per heavy atom. The number of ether oxygens (including phenoxy) is 2. The minimum absolute atomic E-state index is 0.189. The van der Waals surface area contributed by atoms with Crippen molar-refractivity contribution in [2.75, 3.05) is 17.9 Å². The maximum atomic E-state index is 12.7. The van der Waals surface area contributed by atoms with Crippen molar-refractivity contribution in [3.05, 3.63) is 65.9 Å². The number of hydrogen-bond donors (Lipinski definition) is 1. The average molecular weight is 396 g/mol. The van der Waals surface area contributed by atoms with E-state index >= 15 is 0 Å². The molecule has 1 aliphatic rings. The summed E-state index contributed by atoms with van der Waals surface area (Å²) in [6.07, 6.45) is 0. The molecule has 0 unspecified atom stereocenters. The summed E-state index contributed by atoms with van der Waals surface area (Å²) in [6, 6.07) is 16.0. The van der Waals surface area contributed by atoms with Gasteiger partial charge in [0.2, 0.25) is 0 Å². The minimum atomic E-state index is -3.72. The van der Waals surface area contributed by atoms with E-state index in [0.29, 0.717) is 24.8 Å². The smallest absolute Gasteiger partial charge is 0.263 e. The quantitative estimate of drug-likeness (QED) is 0.723. The molecule has 1 aliphatic heterocycles. The summed E-state index contributed by atoms with van der Waals surface area (Å²) in [5.74, 6) is 1.72. The number of pyridine rings is 1. The Bertz CT molecular complexity index is 1140. The van der Waals surface area contributed by atoms with E-state index < -0.39 is 10.0 Å². The van der Waals surface area contributed by atoms with E-state index in [9.17, 15) is 8.42 Å². The second-order valence-corrected chi connectivity index (χ2v) is 8.29. The fourth-order valence-corrected chi connectivity index (χ4v) is 4.22. The first kappa shape index (κ1) is 18.3. The van der Waals surface area contributed by atoms with Gasteiger partial charge >= 0.3 is 0 Å². The van der Waals surface area contributed by atoms with Crippen molar-refractivity contribution in [1.29, 1.82) is 0 Å². The second kappa shape index (κ2) is 7.16. The van der Waals surface area contributed by atoms with Crippen LogP contribution < -0.4 is 14.2 Å². The Kier molecular flexibility index (Phi) is 4.68. The molecular formula is C21H20N2O4S. The molecule has 0 fully saturated rings. The topological polar surface area (TPSA) is 77.5 Å². The SMILES string of the molecule is Cc1cccc(NS(=O)(=O)c2ccc(-c3ccc4c(c3)OCCO4)c(C)c2)n1. The standard InChI is InChI=1S/C21H20N2O4S/c1-14-12-17(28(24,25)23-21-5-3-4-15(2)22-21)7-8-18(14)16-6-9-19-20(13-16)27-11-10-26-19/h3-9,12-13H,10-11H2,1-2H3,(H,22,23). The lowest BCUT2D eigenvalue weighted by Crippen LogP contribution is -2.15. The Balaban J connectivity index is 1.64. The van der Waals surface area contributed by atoms with E-state index in [1.54, 1.807) is 30.3 Å². The van der Waals surface area contributed by atoms with E-state index in [0.717, 1.165) is 28.1 Å². The van der Waals surface area contributed by atoms with Gasteiger partial charge in [-0.2, -0.15) is 0 Å². The van der Waals surface area contributed by atoms with Crippen molar-refractivity contribution in [2.24, 2.45) is 0 Å². The van der Waals surface area contributed by atoms with Crippen molar-refractivity contribution in [3.63, 3.8) is 0 Å². The molecule has 6 nitrogen and oxygen atoms in total. The number of hydrogen-bond acceptors (Lipinski definition) is 5. The van der Waals surface area contributed by atoms with Crippen LogP contribution in [0.1, 0.15) is 11.3 Å². The van der Waals surface area contributed by atoms with Crippen LogP contribution in [-0.4, -0.2) is 26.6 Å². The Labute approximate surface area is 164 Å². The lowest BCUT2D eigenvalue weighted by Gasteiger charge is -2.19. The fourth-order valence-electron chi connectivity index (χ4n) is 3.13. The highest BCUT2D eigenvalue weighted by molar-refractivity contribution is 7.92. The molecule has 0 aliphatic carbocycles. The highest BCUT2D eigenvalue weighted by Crippen LogP contribution is 2.36. The van der Waals surface area contributed by atoms with Crippen LogP contribution in [0.2, 0.25) is 0 Å². The zero-order chi connectivity index (χ0) is 19.7. The largest absolute Gasteiger partial charge is 0.486 e. The van der Waals surface area contributed by atoms with Crippen molar-refractivity contribution < 1.29 is 17.9 Å². The second-order valence-electron chi connectivity index (χ2n) is 6.60. The molecule has 0 radical (unpaired) electrons. The average Bonchev–Trinajstić information content (AvgIpc) is 2.67. The summed E-state index contributed by atoms with van der Waals surface area (Å²) in [4.78, 5) is 4.39. The maximum Gasteiger partial charge on any atom is 0.263 e. The first-order valence-corrected chi connectivity index (χ1v) is 10.4. The molecule has 0 amide bonds. The maximum absolute atomic E-state index is 12.7. The van der Waals surface area contributed by atoms with Gasteiger partial charge in [0.05, 0.1) is 4.90 Å². The molecule has 1 N–H and O–H groups in total. The number of nitrogens with zero attached hydrogens (tertiary/aromatic N) is 1. The molecule has 2 heterocycles. The third-order valence-electron chi connectivity index (χ3n) is 4.49. The van der Waals surface area contributed by atoms with Crippen LogP contribution in [-0.2, 0) is 10.0 Å². The summed E-state index contributed by atoms with van der Waals surface area (Å²) in [6.45, 7) is 4.76. The molecule has 0 saturated heterocycles. The predicted molar refractivity (Wildman–Crippen MR) is 107 cm³/mol. The van der Waals surface area contributed by atoms with Crippen LogP contribution >= 0.6 is 0 Å². The van der Waals surface area contributed by atoms with E-state index in [2.05, 4.69) is 9.71 Å². The van der Waals surface area contributed by atoms with Gasteiger partial charge < -0.3 is 9.47 Å². The lowest BCUT2D eigenvalue weighted by atomic mass is 10.0. The van der Waals surface area contributed by atoms with Crippen molar-refractivity contribution >= 4 is 15.8 Å². The summed E-state index contributed by atoms with van der Waals surface area (Å²) in [7, 11) is -3.72. The van der Waals surface area contributed by atoms with Gasteiger partial charge in [-0.15, -0.1) is 0 Å². The Morgan fingerprint density at radius 2 is 1.71 bits per heavy atom. The number of benzene rings is 2. The van der Waals surface area contributed by atoms with Crippen LogP contribution in [0.25, 0.3) is 11.1 Å². The monoisotopic (exact) mass is 396 g/mol. The van der Waals surface area contributed by atoms with Crippen molar-refractivity contribution in [2.45, 2.75) is 18.7 Å². The first-order chi connectivity index (χ1) is 13.4.